The Hall–Kier alpha value is -1.67. The molecule has 0 aliphatic rings. The lowest BCUT2D eigenvalue weighted by molar-refractivity contribution is -0.142. The standard InChI is InChI=1S/C10H10N2O2S/c1-2-14-10(13)4-7-3-9(15)12-6-8(7)5-11/h3,6H,2,4H2,1H3,(H,12,15). The van der Waals surface area contributed by atoms with Crippen LogP contribution in [0.3, 0.4) is 0 Å². The average Bonchev–Trinajstić information content (AvgIpc) is 2.18. The lowest BCUT2D eigenvalue weighted by Crippen LogP contribution is -2.08. The van der Waals surface area contributed by atoms with Crippen LogP contribution in [0.15, 0.2) is 12.3 Å². The number of carbonyl (C=O) groups is 1. The molecule has 1 aromatic rings. The predicted octanol–water partition coefficient (Wildman–Crippen LogP) is 1.72. The van der Waals surface area contributed by atoms with E-state index < -0.39 is 0 Å². The van der Waals surface area contributed by atoms with Crippen molar-refractivity contribution >= 4 is 18.2 Å². The van der Waals surface area contributed by atoms with Crippen molar-refractivity contribution < 1.29 is 9.53 Å². The molecule has 78 valence electrons. The van der Waals surface area contributed by atoms with E-state index in [0.29, 0.717) is 22.4 Å². The maximum absolute atomic E-state index is 11.2. The van der Waals surface area contributed by atoms with Crippen LogP contribution in [-0.2, 0) is 16.0 Å². The first kappa shape index (κ1) is 11.4. The second kappa shape index (κ2) is 5.27. The van der Waals surface area contributed by atoms with E-state index in [0.717, 1.165) is 0 Å². The summed E-state index contributed by atoms with van der Waals surface area (Å²) >= 11 is 4.91. The molecule has 1 aromatic heterocycles. The van der Waals surface area contributed by atoms with Gasteiger partial charge in [0.15, 0.2) is 0 Å². The summed E-state index contributed by atoms with van der Waals surface area (Å²) in [4.78, 5) is 14.0. The van der Waals surface area contributed by atoms with E-state index in [9.17, 15) is 4.79 Å². The lowest BCUT2D eigenvalue weighted by Gasteiger charge is -2.03. The zero-order chi connectivity index (χ0) is 11.3. The summed E-state index contributed by atoms with van der Waals surface area (Å²) in [6, 6.07) is 3.59. The van der Waals surface area contributed by atoms with Gasteiger partial charge in [-0.15, -0.1) is 0 Å². The molecule has 0 saturated carbocycles. The highest BCUT2D eigenvalue weighted by molar-refractivity contribution is 7.71. The molecule has 0 saturated heterocycles. The number of pyridine rings is 1. The predicted molar refractivity (Wildman–Crippen MR) is 56.7 cm³/mol. The second-order valence-electron chi connectivity index (χ2n) is 2.83. The van der Waals surface area contributed by atoms with E-state index in [1.54, 1.807) is 13.0 Å². The molecule has 15 heavy (non-hydrogen) atoms. The van der Waals surface area contributed by atoms with Gasteiger partial charge in [-0.1, -0.05) is 12.2 Å². The zero-order valence-corrected chi connectivity index (χ0v) is 9.06. The fraction of sp³-hybridized carbons (Fsp3) is 0.300. The number of nitriles is 1. The topological polar surface area (TPSA) is 65.9 Å². The minimum absolute atomic E-state index is 0.0784. The van der Waals surface area contributed by atoms with Crippen molar-refractivity contribution in [1.29, 1.82) is 5.26 Å². The third-order valence-corrected chi connectivity index (χ3v) is 2.01. The molecule has 0 bridgehead atoms. The molecular weight excluding hydrogens is 212 g/mol. The Balaban J connectivity index is 2.93. The normalized spacial score (nSPS) is 9.33. The summed E-state index contributed by atoms with van der Waals surface area (Å²) in [5.74, 6) is -0.352. The summed E-state index contributed by atoms with van der Waals surface area (Å²) in [6.07, 6.45) is 1.58. The van der Waals surface area contributed by atoms with Crippen molar-refractivity contribution in [2.24, 2.45) is 0 Å². The molecule has 0 atom stereocenters. The van der Waals surface area contributed by atoms with Crippen molar-refractivity contribution in [3.05, 3.63) is 28.0 Å². The van der Waals surface area contributed by atoms with E-state index in [4.69, 9.17) is 22.2 Å². The van der Waals surface area contributed by atoms with Gasteiger partial charge >= 0.3 is 5.97 Å². The fourth-order valence-corrected chi connectivity index (χ4v) is 1.33. The number of rotatable bonds is 3. The minimum Gasteiger partial charge on any atom is -0.466 e. The largest absolute Gasteiger partial charge is 0.466 e. The van der Waals surface area contributed by atoms with Crippen molar-refractivity contribution in [3.63, 3.8) is 0 Å². The van der Waals surface area contributed by atoms with Crippen LogP contribution in [0, 0.1) is 16.0 Å². The molecule has 0 amide bonds. The lowest BCUT2D eigenvalue weighted by atomic mass is 10.1. The summed E-state index contributed by atoms with van der Waals surface area (Å²) in [5, 5.41) is 8.80. The Bertz CT molecular complexity index is 459. The molecule has 4 nitrogen and oxygen atoms in total. The maximum Gasteiger partial charge on any atom is 0.310 e. The quantitative estimate of drug-likeness (QED) is 0.624. The summed E-state index contributed by atoms with van der Waals surface area (Å²) in [7, 11) is 0. The molecule has 0 aliphatic carbocycles. The maximum atomic E-state index is 11.2. The summed E-state index contributed by atoms with van der Waals surface area (Å²) in [5.41, 5.74) is 1.01. The summed E-state index contributed by atoms with van der Waals surface area (Å²) < 4.78 is 5.29. The van der Waals surface area contributed by atoms with Crippen LogP contribution in [0.25, 0.3) is 0 Å². The molecule has 0 aromatic carbocycles. The van der Waals surface area contributed by atoms with Crippen LogP contribution in [-0.4, -0.2) is 17.6 Å². The number of H-pyrrole nitrogens is 1. The van der Waals surface area contributed by atoms with E-state index in [1.807, 2.05) is 6.07 Å². The number of aromatic amines is 1. The third-order valence-electron chi connectivity index (χ3n) is 1.77. The van der Waals surface area contributed by atoms with E-state index in [1.165, 1.54) is 6.20 Å². The van der Waals surface area contributed by atoms with Gasteiger partial charge in [0.25, 0.3) is 0 Å². The van der Waals surface area contributed by atoms with Crippen molar-refractivity contribution in [2.75, 3.05) is 6.61 Å². The number of hydrogen-bond donors (Lipinski definition) is 1. The fourth-order valence-electron chi connectivity index (χ4n) is 1.13. The molecule has 0 aliphatic heterocycles. The van der Waals surface area contributed by atoms with Gasteiger partial charge in [-0.2, -0.15) is 5.26 Å². The van der Waals surface area contributed by atoms with Crippen LogP contribution in [0.5, 0.6) is 0 Å². The van der Waals surface area contributed by atoms with Crippen molar-refractivity contribution in [3.8, 4) is 6.07 Å². The number of carbonyl (C=O) groups excluding carboxylic acids is 1. The van der Waals surface area contributed by atoms with Gasteiger partial charge in [-0.25, -0.2) is 0 Å². The van der Waals surface area contributed by atoms with Crippen LogP contribution >= 0.6 is 12.2 Å². The summed E-state index contributed by atoms with van der Waals surface area (Å²) in [6.45, 7) is 2.07. The number of aromatic nitrogens is 1. The second-order valence-corrected chi connectivity index (χ2v) is 3.27. The van der Waals surface area contributed by atoms with Gasteiger partial charge in [-0.05, 0) is 18.6 Å². The number of nitrogens with one attached hydrogen (secondary N) is 1. The number of esters is 1. The van der Waals surface area contributed by atoms with Crippen LogP contribution in [0.2, 0.25) is 0 Å². The van der Waals surface area contributed by atoms with Crippen molar-refractivity contribution in [2.45, 2.75) is 13.3 Å². The van der Waals surface area contributed by atoms with Crippen LogP contribution in [0.4, 0.5) is 0 Å². The molecule has 0 unspecified atom stereocenters. The highest BCUT2D eigenvalue weighted by atomic mass is 32.1. The van der Waals surface area contributed by atoms with E-state index in [2.05, 4.69) is 4.98 Å². The van der Waals surface area contributed by atoms with Crippen LogP contribution < -0.4 is 0 Å². The first-order valence-electron chi connectivity index (χ1n) is 4.44. The van der Waals surface area contributed by atoms with E-state index >= 15 is 0 Å². The minimum atomic E-state index is -0.352. The molecule has 5 heteroatoms. The molecule has 0 radical (unpaired) electrons. The highest BCUT2D eigenvalue weighted by Crippen LogP contribution is 2.08. The zero-order valence-electron chi connectivity index (χ0n) is 8.24. The number of nitrogens with zero attached hydrogens (tertiary/aromatic N) is 1. The Morgan fingerprint density at radius 2 is 2.47 bits per heavy atom. The van der Waals surface area contributed by atoms with E-state index in [-0.39, 0.29) is 12.4 Å². The Morgan fingerprint density at radius 1 is 1.73 bits per heavy atom. The van der Waals surface area contributed by atoms with Gasteiger partial charge in [0.05, 0.1) is 18.6 Å². The molecule has 1 rings (SSSR count). The van der Waals surface area contributed by atoms with Crippen molar-refractivity contribution in [1.82, 2.24) is 4.98 Å². The van der Waals surface area contributed by atoms with Gasteiger partial charge < -0.3 is 9.72 Å². The third kappa shape index (κ3) is 3.18. The smallest absolute Gasteiger partial charge is 0.310 e. The first-order valence-corrected chi connectivity index (χ1v) is 4.85. The molecule has 1 N–H and O–H groups in total. The monoisotopic (exact) mass is 222 g/mol. The highest BCUT2D eigenvalue weighted by Gasteiger charge is 2.08. The molecule has 1 heterocycles. The first-order chi connectivity index (χ1) is 7.17. The SMILES string of the molecule is CCOC(=O)Cc1cc(=S)[nH]cc1C#N. The van der Waals surface area contributed by atoms with Gasteiger partial charge in [0, 0.05) is 6.20 Å². The number of hydrogen-bond acceptors (Lipinski definition) is 4. The van der Waals surface area contributed by atoms with Gasteiger partial charge in [-0.3, -0.25) is 4.79 Å². The molecule has 0 fully saturated rings. The van der Waals surface area contributed by atoms with Gasteiger partial charge in [0.2, 0.25) is 0 Å². The Labute approximate surface area is 92.5 Å². The average molecular weight is 222 g/mol. The molecular formula is C10H10N2O2S. The van der Waals surface area contributed by atoms with Crippen LogP contribution in [0.1, 0.15) is 18.1 Å². The Kier molecular flexibility index (Phi) is 4.01. The van der Waals surface area contributed by atoms with Gasteiger partial charge in [0.1, 0.15) is 10.7 Å². The number of ether oxygens (including phenoxy) is 1. The Morgan fingerprint density at radius 3 is 3.07 bits per heavy atom. The molecule has 0 spiro atoms.